The number of benzene rings is 1. The van der Waals surface area contributed by atoms with E-state index in [0.29, 0.717) is 12.6 Å². The molecule has 1 saturated carbocycles. The van der Waals surface area contributed by atoms with E-state index in [1.807, 2.05) is 6.92 Å². The van der Waals surface area contributed by atoms with Gasteiger partial charge in [0.1, 0.15) is 5.82 Å². The Morgan fingerprint density at radius 3 is 2.58 bits per heavy atom. The molecule has 3 nitrogen and oxygen atoms in total. The molecule has 2 N–H and O–H groups in total. The van der Waals surface area contributed by atoms with Gasteiger partial charge in [0.25, 0.3) is 0 Å². The monoisotopic (exact) mass is 264 g/mol. The minimum Gasteiger partial charge on any atom is -0.348 e. The van der Waals surface area contributed by atoms with Gasteiger partial charge >= 0.3 is 0 Å². The largest absolute Gasteiger partial charge is 0.348 e. The van der Waals surface area contributed by atoms with E-state index in [9.17, 15) is 9.18 Å². The first kappa shape index (κ1) is 14.0. The fourth-order valence-electron chi connectivity index (χ4n) is 2.49. The summed E-state index contributed by atoms with van der Waals surface area (Å²) in [5.74, 6) is -0.270. The van der Waals surface area contributed by atoms with Crippen molar-refractivity contribution in [3.05, 3.63) is 35.6 Å². The zero-order valence-electron chi connectivity index (χ0n) is 11.3. The summed E-state index contributed by atoms with van der Waals surface area (Å²) in [5.41, 5.74) is 0.913. The van der Waals surface area contributed by atoms with Gasteiger partial charge in [-0.3, -0.25) is 4.79 Å². The van der Waals surface area contributed by atoms with Gasteiger partial charge in [-0.15, -0.1) is 0 Å². The molecule has 1 aromatic carbocycles. The standard InChI is InChI=1S/C15H21FN2O/c1-11(12-6-8-13(16)9-7-12)18-15(19)10-17-14-4-2-3-5-14/h6-9,11,14,17H,2-5,10H2,1H3,(H,18,19). The maximum Gasteiger partial charge on any atom is 0.234 e. The molecule has 0 heterocycles. The highest BCUT2D eigenvalue weighted by Crippen LogP contribution is 2.17. The van der Waals surface area contributed by atoms with Crippen molar-refractivity contribution in [2.45, 2.75) is 44.7 Å². The quantitative estimate of drug-likeness (QED) is 0.858. The van der Waals surface area contributed by atoms with Crippen LogP contribution in [-0.4, -0.2) is 18.5 Å². The molecule has 1 unspecified atom stereocenters. The molecule has 19 heavy (non-hydrogen) atoms. The number of carbonyl (C=O) groups excluding carboxylic acids is 1. The molecule has 0 bridgehead atoms. The fraction of sp³-hybridized carbons (Fsp3) is 0.533. The molecule has 0 aromatic heterocycles. The number of nitrogens with one attached hydrogen (secondary N) is 2. The van der Waals surface area contributed by atoms with Crippen molar-refractivity contribution in [1.82, 2.24) is 10.6 Å². The molecule has 1 fully saturated rings. The van der Waals surface area contributed by atoms with Crippen LogP contribution in [-0.2, 0) is 4.79 Å². The van der Waals surface area contributed by atoms with Crippen LogP contribution in [0, 0.1) is 5.82 Å². The van der Waals surface area contributed by atoms with Gasteiger partial charge in [0.05, 0.1) is 12.6 Å². The van der Waals surface area contributed by atoms with E-state index in [4.69, 9.17) is 0 Å². The lowest BCUT2D eigenvalue weighted by Crippen LogP contribution is -2.39. The minimum absolute atomic E-state index is 0.0104. The van der Waals surface area contributed by atoms with E-state index in [-0.39, 0.29) is 17.8 Å². The Bertz CT molecular complexity index is 413. The molecule has 4 heteroatoms. The Morgan fingerprint density at radius 2 is 1.95 bits per heavy atom. The number of hydrogen-bond acceptors (Lipinski definition) is 2. The molecular weight excluding hydrogens is 243 g/mol. The van der Waals surface area contributed by atoms with Crippen LogP contribution in [0.15, 0.2) is 24.3 Å². The maximum absolute atomic E-state index is 12.8. The van der Waals surface area contributed by atoms with Gasteiger partial charge in [-0.2, -0.15) is 0 Å². The van der Waals surface area contributed by atoms with Crippen molar-refractivity contribution in [2.75, 3.05) is 6.54 Å². The van der Waals surface area contributed by atoms with Crippen LogP contribution in [0.3, 0.4) is 0 Å². The van der Waals surface area contributed by atoms with E-state index in [1.165, 1.54) is 37.8 Å². The first-order valence-corrected chi connectivity index (χ1v) is 6.93. The van der Waals surface area contributed by atoms with Gasteiger partial charge < -0.3 is 10.6 Å². The van der Waals surface area contributed by atoms with Crippen molar-refractivity contribution in [3.63, 3.8) is 0 Å². The zero-order chi connectivity index (χ0) is 13.7. The van der Waals surface area contributed by atoms with Crippen molar-refractivity contribution in [2.24, 2.45) is 0 Å². The van der Waals surface area contributed by atoms with Gasteiger partial charge in [-0.1, -0.05) is 25.0 Å². The average Bonchev–Trinajstić information content (AvgIpc) is 2.90. The van der Waals surface area contributed by atoms with Crippen molar-refractivity contribution >= 4 is 5.91 Å². The van der Waals surface area contributed by atoms with Crippen LogP contribution in [0.5, 0.6) is 0 Å². The smallest absolute Gasteiger partial charge is 0.234 e. The summed E-state index contributed by atoms with van der Waals surface area (Å²) in [6.07, 6.45) is 4.85. The molecule has 1 atom stereocenters. The van der Waals surface area contributed by atoms with Crippen molar-refractivity contribution < 1.29 is 9.18 Å². The molecule has 0 aliphatic heterocycles. The summed E-state index contributed by atoms with van der Waals surface area (Å²) in [5, 5.41) is 6.19. The number of rotatable bonds is 5. The third-order valence-electron chi connectivity index (χ3n) is 3.65. The summed E-state index contributed by atoms with van der Waals surface area (Å²) >= 11 is 0. The molecule has 1 aromatic rings. The van der Waals surface area contributed by atoms with Gasteiger partial charge in [0.15, 0.2) is 0 Å². The molecule has 1 aliphatic carbocycles. The topological polar surface area (TPSA) is 41.1 Å². The fourth-order valence-corrected chi connectivity index (χ4v) is 2.49. The predicted molar refractivity (Wildman–Crippen MR) is 73.2 cm³/mol. The molecule has 0 saturated heterocycles. The Hall–Kier alpha value is -1.42. The maximum atomic E-state index is 12.8. The summed E-state index contributed by atoms with van der Waals surface area (Å²) in [6.45, 7) is 2.26. The second-order valence-corrected chi connectivity index (χ2v) is 5.20. The van der Waals surface area contributed by atoms with E-state index >= 15 is 0 Å². The Labute approximate surface area is 113 Å². The predicted octanol–water partition coefficient (Wildman–Crippen LogP) is 2.54. The van der Waals surface area contributed by atoms with Gasteiger partial charge in [-0.05, 0) is 37.5 Å². The number of hydrogen-bond donors (Lipinski definition) is 2. The SMILES string of the molecule is CC(NC(=O)CNC1CCCC1)c1ccc(F)cc1. The summed E-state index contributed by atoms with van der Waals surface area (Å²) in [7, 11) is 0. The summed E-state index contributed by atoms with van der Waals surface area (Å²) in [6, 6.07) is 6.61. The lowest BCUT2D eigenvalue weighted by Gasteiger charge is -2.16. The van der Waals surface area contributed by atoms with E-state index in [0.717, 1.165) is 5.56 Å². The van der Waals surface area contributed by atoms with Crippen molar-refractivity contribution in [1.29, 1.82) is 0 Å². The molecule has 1 aliphatic rings. The molecule has 2 rings (SSSR count). The van der Waals surface area contributed by atoms with Crippen molar-refractivity contribution in [3.8, 4) is 0 Å². The third-order valence-corrected chi connectivity index (χ3v) is 3.65. The van der Waals surface area contributed by atoms with Gasteiger partial charge in [-0.25, -0.2) is 4.39 Å². The number of amides is 1. The van der Waals surface area contributed by atoms with Gasteiger partial charge in [0, 0.05) is 6.04 Å². The molecule has 104 valence electrons. The second-order valence-electron chi connectivity index (χ2n) is 5.20. The van der Waals surface area contributed by atoms with E-state index in [1.54, 1.807) is 12.1 Å². The Morgan fingerprint density at radius 1 is 1.32 bits per heavy atom. The van der Waals surface area contributed by atoms with E-state index in [2.05, 4.69) is 10.6 Å². The van der Waals surface area contributed by atoms with Crippen LogP contribution in [0.1, 0.15) is 44.2 Å². The lowest BCUT2D eigenvalue weighted by atomic mass is 10.1. The molecular formula is C15H21FN2O. The number of halogens is 1. The lowest BCUT2D eigenvalue weighted by molar-refractivity contribution is -0.121. The summed E-state index contributed by atoms with van der Waals surface area (Å²) < 4.78 is 12.8. The summed E-state index contributed by atoms with van der Waals surface area (Å²) in [4.78, 5) is 11.8. The molecule has 1 amide bonds. The first-order chi connectivity index (χ1) is 9.15. The normalized spacial score (nSPS) is 17.4. The van der Waals surface area contributed by atoms with Crippen LogP contribution in [0.25, 0.3) is 0 Å². The van der Waals surface area contributed by atoms with Crippen LogP contribution >= 0.6 is 0 Å². The Kier molecular flexibility index (Phi) is 4.91. The zero-order valence-corrected chi connectivity index (χ0v) is 11.3. The number of carbonyl (C=O) groups is 1. The van der Waals surface area contributed by atoms with Crippen LogP contribution in [0.4, 0.5) is 4.39 Å². The average molecular weight is 264 g/mol. The van der Waals surface area contributed by atoms with Gasteiger partial charge in [0.2, 0.25) is 5.91 Å². The Balaban J connectivity index is 1.76. The van der Waals surface area contributed by atoms with Crippen LogP contribution < -0.4 is 10.6 Å². The van der Waals surface area contributed by atoms with E-state index < -0.39 is 0 Å². The third kappa shape index (κ3) is 4.31. The highest BCUT2D eigenvalue weighted by atomic mass is 19.1. The highest BCUT2D eigenvalue weighted by molar-refractivity contribution is 5.78. The second kappa shape index (κ2) is 6.66. The van der Waals surface area contributed by atoms with Crippen LogP contribution in [0.2, 0.25) is 0 Å². The molecule has 0 radical (unpaired) electrons. The molecule has 0 spiro atoms. The minimum atomic E-state index is -0.259. The first-order valence-electron chi connectivity index (χ1n) is 6.93. The highest BCUT2D eigenvalue weighted by Gasteiger charge is 2.16.